The third-order valence-corrected chi connectivity index (χ3v) is 3.23. The van der Waals surface area contributed by atoms with E-state index in [0.29, 0.717) is 15.6 Å². The second-order valence-electron chi connectivity index (χ2n) is 3.96. The van der Waals surface area contributed by atoms with E-state index in [1.807, 2.05) is 24.3 Å². The molecular weight excluding hydrogens is 232 g/mol. The van der Waals surface area contributed by atoms with Gasteiger partial charge in [0.15, 0.2) is 0 Å². The molecule has 0 radical (unpaired) electrons. The quantitative estimate of drug-likeness (QED) is 0.322. The van der Waals surface area contributed by atoms with Crippen molar-refractivity contribution in [3.8, 4) is 5.75 Å². The lowest BCUT2D eigenvalue weighted by atomic mass is 10.1. The van der Waals surface area contributed by atoms with Gasteiger partial charge in [-0.2, -0.15) is 0 Å². The predicted octanol–water partition coefficient (Wildman–Crippen LogP) is 3.34. The lowest BCUT2D eigenvalue weighted by molar-refractivity contribution is 0.482. The van der Waals surface area contributed by atoms with Gasteiger partial charge in [-0.15, -0.1) is 0 Å². The van der Waals surface area contributed by atoms with Crippen molar-refractivity contribution < 1.29 is 5.11 Å². The number of nitrogens with one attached hydrogen (secondary N) is 1. The van der Waals surface area contributed by atoms with E-state index in [9.17, 15) is 5.11 Å². The van der Waals surface area contributed by atoms with Crippen LogP contribution in [0.4, 0.5) is 5.69 Å². The summed E-state index contributed by atoms with van der Waals surface area (Å²) in [5.41, 5.74) is 7.91. The zero-order valence-corrected chi connectivity index (χ0v) is 9.71. The fraction of sp³-hybridized carbons (Fsp3) is 0. The molecule has 84 valence electrons. The van der Waals surface area contributed by atoms with Crippen molar-refractivity contribution in [1.82, 2.24) is 4.98 Å². The highest BCUT2D eigenvalue weighted by atomic mass is 32.1. The summed E-state index contributed by atoms with van der Waals surface area (Å²) in [6.07, 6.45) is 0. The van der Waals surface area contributed by atoms with Crippen LogP contribution in [-0.4, -0.2) is 10.1 Å². The lowest BCUT2D eigenvalue weighted by Crippen LogP contribution is -1.89. The third-order valence-electron chi connectivity index (χ3n) is 2.81. The van der Waals surface area contributed by atoms with Gasteiger partial charge in [-0.3, -0.25) is 0 Å². The first-order chi connectivity index (χ1) is 8.16. The van der Waals surface area contributed by atoms with Crippen LogP contribution in [0, 0.1) is 4.51 Å². The SMILES string of the molecule is Nc1cc(O)c2c(=S)c3ccccc3[nH]c2c1. The molecule has 0 bridgehead atoms. The Morgan fingerprint density at radius 3 is 2.71 bits per heavy atom. The van der Waals surface area contributed by atoms with Gasteiger partial charge in [-0.25, -0.2) is 0 Å². The zero-order chi connectivity index (χ0) is 12.0. The number of nitrogens with two attached hydrogens (primary N) is 1. The van der Waals surface area contributed by atoms with Crippen LogP contribution in [-0.2, 0) is 0 Å². The van der Waals surface area contributed by atoms with Crippen molar-refractivity contribution in [2.45, 2.75) is 0 Å². The summed E-state index contributed by atoms with van der Waals surface area (Å²) >= 11 is 5.41. The van der Waals surface area contributed by atoms with Crippen LogP contribution < -0.4 is 5.73 Å². The van der Waals surface area contributed by atoms with Gasteiger partial charge in [0.05, 0.1) is 15.4 Å². The van der Waals surface area contributed by atoms with Crippen LogP contribution in [0.1, 0.15) is 0 Å². The van der Waals surface area contributed by atoms with E-state index in [4.69, 9.17) is 18.0 Å². The summed E-state index contributed by atoms with van der Waals surface area (Å²) in [6.45, 7) is 0. The number of nitrogen functional groups attached to an aromatic ring is 1. The molecule has 0 spiro atoms. The molecule has 1 aromatic heterocycles. The van der Waals surface area contributed by atoms with Crippen LogP contribution in [0.25, 0.3) is 21.8 Å². The number of hydrogen-bond acceptors (Lipinski definition) is 3. The molecule has 0 fully saturated rings. The number of benzene rings is 2. The summed E-state index contributed by atoms with van der Waals surface area (Å²) in [5, 5.41) is 11.5. The number of phenolic OH excluding ortho intramolecular Hbond substituents is 1. The Morgan fingerprint density at radius 2 is 1.88 bits per heavy atom. The average molecular weight is 242 g/mol. The summed E-state index contributed by atoms with van der Waals surface area (Å²) in [4.78, 5) is 3.23. The van der Waals surface area contributed by atoms with E-state index in [1.165, 1.54) is 6.07 Å². The first-order valence-electron chi connectivity index (χ1n) is 5.20. The van der Waals surface area contributed by atoms with Gasteiger partial charge in [0.1, 0.15) is 5.75 Å². The summed E-state index contributed by atoms with van der Waals surface area (Å²) in [6, 6.07) is 11.0. The van der Waals surface area contributed by atoms with Gasteiger partial charge in [0, 0.05) is 22.7 Å². The molecule has 0 atom stereocenters. The largest absolute Gasteiger partial charge is 0.507 e. The van der Waals surface area contributed by atoms with Crippen molar-refractivity contribution in [1.29, 1.82) is 0 Å². The Balaban J connectivity index is 2.64. The smallest absolute Gasteiger partial charge is 0.128 e. The molecular formula is C13H10N2OS. The van der Waals surface area contributed by atoms with E-state index in [-0.39, 0.29) is 5.75 Å². The molecule has 0 unspecified atom stereocenters. The van der Waals surface area contributed by atoms with E-state index in [0.717, 1.165) is 16.4 Å². The number of para-hydroxylation sites is 1. The number of aromatic nitrogens is 1. The number of H-pyrrole nitrogens is 1. The van der Waals surface area contributed by atoms with E-state index in [1.54, 1.807) is 6.07 Å². The normalized spacial score (nSPS) is 11.1. The van der Waals surface area contributed by atoms with Crippen LogP contribution in [0.5, 0.6) is 5.75 Å². The molecule has 0 aliphatic heterocycles. The minimum atomic E-state index is 0.118. The van der Waals surface area contributed by atoms with E-state index < -0.39 is 0 Å². The molecule has 2 aromatic carbocycles. The molecule has 17 heavy (non-hydrogen) atoms. The van der Waals surface area contributed by atoms with Crippen LogP contribution in [0.2, 0.25) is 0 Å². The van der Waals surface area contributed by atoms with Crippen molar-refractivity contribution in [2.75, 3.05) is 5.73 Å². The highest BCUT2D eigenvalue weighted by Gasteiger charge is 2.07. The Labute approximate surface area is 103 Å². The molecule has 0 saturated carbocycles. The fourth-order valence-electron chi connectivity index (χ4n) is 2.06. The number of anilines is 1. The maximum absolute atomic E-state index is 9.93. The average Bonchev–Trinajstić information content (AvgIpc) is 2.28. The molecule has 3 rings (SSSR count). The van der Waals surface area contributed by atoms with Gasteiger partial charge in [-0.05, 0) is 12.1 Å². The molecule has 3 nitrogen and oxygen atoms in total. The van der Waals surface area contributed by atoms with E-state index >= 15 is 0 Å². The number of pyridine rings is 1. The summed E-state index contributed by atoms with van der Waals surface area (Å²) < 4.78 is 0.645. The third kappa shape index (κ3) is 1.45. The van der Waals surface area contributed by atoms with Crippen molar-refractivity contribution >= 4 is 39.7 Å². The zero-order valence-electron chi connectivity index (χ0n) is 8.90. The standard InChI is InChI=1S/C13H10N2OS/c14-7-5-10-12(11(16)6-7)13(17)8-3-1-2-4-9(8)15-10/h1-6,16H,14H2,(H,15,17). The Morgan fingerprint density at radius 1 is 1.12 bits per heavy atom. The monoisotopic (exact) mass is 242 g/mol. The van der Waals surface area contributed by atoms with Gasteiger partial charge >= 0.3 is 0 Å². The Kier molecular flexibility index (Phi) is 2.06. The minimum Gasteiger partial charge on any atom is -0.507 e. The summed E-state index contributed by atoms with van der Waals surface area (Å²) in [7, 11) is 0. The van der Waals surface area contributed by atoms with Crippen LogP contribution in [0.15, 0.2) is 36.4 Å². The molecule has 0 aliphatic carbocycles. The van der Waals surface area contributed by atoms with Crippen LogP contribution >= 0.6 is 12.2 Å². The van der Waals surface area contributed by atoms with Crippen molar-refractivity contribution in [3.63, 3.8) is 0 Å². The number of aromatic hydroxyl groups is 1. The predicted molar refractivity (Wildman–Crippen MR) is 72.7 cm³/mol. The van der Waals surface area contributed by atoms with Crippen molar-refractivity contribution in [2.24, 2.45) is 0 Å². The van der Waals surface area contributed by atoms with E-state index in [2.05, 4.69) is 4.98 Å². The van der Waals surface area contributed by atoms with Crippen molar-refractivity contribution in [3.05, 3.63) is 40.9 Å². The highest BCUT2D eigenvalue weighted by molar-refractivity contribution is 7.72. The number of rotatable bonds is 0. The van der Waals surface area contributed by atoms with Gasteiger partial charge < -0.3 is 15.8 Å². The molecule has 3 aromatic rings. The minimum absolute atomic E-state index is 0.118. The second-order valence-corrected chi connectivity index (χ2v) is 4.37. The maximum Gasteiger partial charge on any atom is 0.128 e. The van der Waals surface area contributed by atoms with Gasteiger partial charge in [0.25, 0.3) is 0 Å². The number of phenols is 1. The summed E-state index contributed by atoms with van der Waals surface area (Å²) in [5.74, 6) is 0.118. The first kappa shape index (κ1) is 10.1. The number of aromatic amines is 1. The number of hydrogen-bond donors (Lipinski definition) is 3. The number of fused-ring (bicyclic) bond motifs is 2. The molecule has 4 heteroatoms. The van der Waals surface area contributed by atoms with Crippen LogP contribution in [0.3, 0.4) is 0 Å². The lowest BCUT2D eigenvalue weighted by Gasteiger charge is -2.06. The molecule has 1 heterocycles. The highest BCUT2D eigenvalue weighted by Crippen LogP contribution is 2.31. The maximum atomic E-state index is 9.93. The topological polar surface area (TPSA) is 62.0 Å². The van der Waals surface area contributed by atoms with Gasteiger partial charge in [-0.1, -0.05) is 30.4 Å². The molecule has 0 amide bonds. The Hall–Kier alpha value is -2.07. The molecule has 0 aliphatic rings. The van der Waals surface area contributed by atoms with Gasteiger partial charge in [0.2, 0.25) is 0 Å². The molecule has 4 N–H and O–H groups in total. The second kappa shape index (κ2) is 3.46. The fourth-order valence-corrected chi connectivity index (χ4v) is 2.45. The Bertz CT molecular complexity index is 792. The first-order valence-corrected chi connectivity index (χ1v) is 5.61. The molecule has 0 saturated heterocycles.